The number of ketones is 1. The van der Waals surface area contributed by atoms with E-state index in [0.29, 0.717) is 12.1 Å². The minimum atomic E-state index is 0.123. The molecule has 3 aromatic rings. The van der Waals surface area contributed by atoms with Gasteiger partial charge in [0.25, 0.3) is 0 Å². The third kappa shape index (κ3) is 2.05. The van der Waals surface area contributed by atoms with Crippen LogP contribution in [0.1, 0.15) is 16.1 Å². The van der Waals surface area contributed by atoms with Gasteiger partial charge in [-0.05, 0) is 17.7 Å². The number of fused-ring (bicyclic) bond motifs is 1. The quantitative estimate of drug-likeness (QED) is 0.691. The predicted molar refractivity (Wildman–Crippen MR) is 72.8 cm³/mol. The predicted octanol–water partition coefficient (Wildman–Crippen LogP) is 3.59. The number of benzene rings is 2. The summed E-state index contributed by atoms with van der Waals surface area (Å²) >= 11 is 0. The van der Waals surface area contributed by atoms with E-state index >= 15 is 0 Å². The lowest BCUT2D eigenvalue weighted by atomic mass is 10.1. The Morgan fingerprint density at radius 2 is 1.67 bits per heavy atom. The van der Waals surface area contributed by atoms with Crippen LogP contribution in [0.5, 0.6) is 0 Å². The molecule has 1 heterocycles. The first kappa shape index (κ1) is 10.8. The highest BCUT2D eigenvalue weighted by Crippen LogP contribution is 2.16. The molecule has 18 heavy (non-hydrogen) atoms. The van der Waals surface area contributed by atoms with Crippen molar-refractivity contribution in [3.63, 3.8) is 0 Å². The first-order valence-corrected chi connectivity index (χ1v) is 5.98. The van der Waals surface area contributed by atoms with Crippen molar-refractivity contribution in [3.05, 3.63) is 71.9 Å². The number of aromatic amines is 1. The number of carbonyl (C=O) groups excluding carboxylic acids is 1. The van der Waals surface area contributed by atoms with Crippen molar-refractivity contribution < 1.29 is 4.79 Å². The molecule has 1 N–H and O–H groups in total. The summed E-state index contributed by atoms with van der Waals surface area (Å²) in [6.07, 6.45) is 0.438. The smallest absolute Gasteiger partial charge is 0.183 e. The van der Waals surface area contributed by atoms with Gasteiger partial charge in [0.15, 0.2) is 5.78 Å². The van der Waals surface area contributed by atoms with E-state index in [0.717, 1.165) is 16.5 Å². The van der Waals surface area contributed by atoms with E-state index in [1.54, 1.807) is 0 Å². The minimum absolute atomic E-state index is 0.123. The largest absolute Gasteiger partial charge is 0.352 e. The molecule has 3 rings (SSSR count). The molecule has 0 fully saturated rings. The Hall–Kier alpha value is -2.35. The van der Waals surface area contributed by atoms with Crippen molar-refractivity contribution in [1.29, 1.82) is 0 Å². The fourth-order valence-corrected chi connectivity index (χ4v) is 2.10. The maximum atomic E-state index is 12.2. The van der Waals surface area contributed by atoms with Gasteiger partial charge in [0.05, 0.1) is 5.69 Å². The lowest BCUT2D eigenvalue weighted by Crippen LogP contribution is -2.03. The minimum Gasteiger partial charge on any atom is -0.352 e. The molecule has 0 unspecified atom stereocenters. The van der Waals surface area contributed by atoms with Crippen LogP contribution in [0.15, 0.2) is 60.7 Å². The van der Waals surface area contributed by atoms with Crippen molar-refractivity contribution in [2.24, 2.45) is 0 Å². The number of carbonyl (C=O) groups is 1. The number of rotatable bonds is 3. The lowest BCUT2D eigenvalue weighted by molar-refractivity contribution is 0.0989. The maximum absolute atomic E-state index is 12.2. The van der Waals surface area contributed by atoms with Gasteiger partial charge < -0.3 is 4.98 Å². The zero-order valence-electron chi connectivity index (χ0n) is 9.89. The van der Waals surface area contributed by atoms with Crippen LogP contribution in [0.25, 0.3) is 10.9 Å². The Bertz CT molecular complexity index is 649. The Morgan fingerprint density at radius 3 is 2.44 bits per heavy atom. The van der Waals surface area contributed by atoms with Crippen LogP contribution in [-0.2, 0) is 6.42 Å². The highest BCUT2D eigenvalue weighted by atomic mass is 16.1. The molecule has 0 aliphatic rings. The van der Waals surface area contributed by atoms with Crippen LogP contribution in [0.3, 0.4) is 0 Å². The molecular weight excluding hydrogens is 222 g/mol. The summed E-state index contributed by atoms with van der Waals surface area (Å²) in [6, 6.07) is 19.6. The highest BCUT2D eigenvalue weighted by Gasteiger charge is 2.09. The van der Waals surface area contributed by atoms with Crippen LogP contribution in [0.4, 0.5) is 0 Å². The summed E-state index contributed by atoms with van der Waals surface area (Å²) in [4.78, 5) is 15.3. The van der Waals surface area contributed by atoms with Crippen molar-refractivity contribution >= 4 is 16.7 Å². The molecular formula is C16H13NO. The van der Waals surface area contributed by atoms with Crippen molar-refractivity contribution in [2.75, 3.05) is 0 Å². The molecule has 0 atom stereocenters. The molecule has 0 spiro atoms. The van der Waals surface area contributed by atoms with E-state index in [1.807, 2.05) is 60.7 Å². The second kappa shape index (κ2) is 4.49. The molecule has 0 aliphatic heterocycles. The Balaban J connectivity index is 1.88. The molecule has 1 aromatic heterocycles. The molecule has 2 heteroatoms. The molecule has 0 aliphatic carbocycles. The molecule has 0 radical (unpaired) electrons. The fourth-order valence-electron chi connectivity index (χ4n) is 2.10. The Morgan fingerprint density at radius 1 is 0.944 bits per heavy atom. The maximum Gasteiger partial charge on any atom is 0.183 e. The first-order chi connectivity index (χ1) is 8.83. The van der Waals surface area contributed by atoms with Gasteiger partial charge in [-0.15, -0.1) is 0 Å². The van der Waals surface area contributed by atoms with E-state index < -0.39 is 0 Å². The number of nitrogens with one attached hydrogen (secondary N) is 1. The molecule has 0 bridgehead atoms. The second-order valence-corrected chi connectivity index (χ2v) is 4.36. The van der Waals surface area contributed by atoms with E-state index in [1.165, 1.54) is 0 Å². The van der Waals surface area contributed by atoms with Crippen LogP contribution in [0, 0.1) is 0 Å². The number of hydrogen-bond acceptors (Lipinski definition) is 1. The average Bonchev–Trinajstić information content (AvgIpc) is 2.84. The molecule has 2 aromatic carbocycles. The van der Waals surface area contributed by atoms with Gasteiger partial charge in [-0.1, -0.05) is 48.5 Å². The van der Waals surface area contributed by atoms with Gasteiger partial charge >= 0.3 is 0 Å². The summed E-state index contributed by atoms with van der Waals surface area (Å²) < 4.78 is 0. The molecule has 88 valence electrons. The number of para-hydroxylation sites is 1. The van der Waals surface area contributed by atoms with E-state index in [9.17, 15) is 4.79 Å². The third-order valence-electron chi connectivity index (χ3n) is 3.04. The van der Waals surface area contributed by atoms with Crippen LogP contribution >= 0.6 is 0 Å². The van der Waals surface area contributed by atoms with Crippen molar-refractivity contribution in [2.45, 2.75) is 6.42 Å². The lowest BCUT2D eigenvalue weighted by Gasteiger charge is -1.98. The van der Waals surface area contributed by atoms with Gasteiger partial charge in [-0.2, -0.15) is 0 Å². The number of Topliss-reactive ketones (excluding diaryl/α,β-unsaturated/α-hetero) is 1. The normalized spacial score (nSPS) is 10.7. The highest BCUT2D eigenvalue weighted by molar-refractivity contribution is 6.00. The SMILES string of the molecule is O=C(Cc1ccccc1)c1cc2ccccc2[nH]1. The van der Waals surface area contributed by atoms with Gasteiger partial charge in [0, 0.05) is 17.3 Å². The molecule has 0 amide bonds. The molecule has 0 saturated heterocycles. The summed E-state index contributed by atoms with van der Waals surface area (Å²) in [6.45, 7) is 0. The number of hydrogen-bond donors (Lipinski definition) is 1. The van der Waals surface area contributed by atoms with E-state index in [2.05, 4.69) is 4.98 Å². The summed E-state index contributed by atoms with van der Waals surface area (Å²) in [7, 11) is 0. The van der Waals surface area contributed by atoms with Crippen LogP contribution in [0.2, 0.25) is 0 Å². The summed E-state index contributed by atoms with van der Waals surface area (Å²) in [5.74, 6) is 0.123. The fraction of sp³-hybridized carbons (Fsp3) is 0.0625. The van der Waals surface area contributed by atoms with Crippen molar-refractivity contribution in [1.82, 2.24) is 4.98 Å². The topological polar surface area (TPSA) is 32.9 Å². The third-order valence-corrected chi connectivity index (χ3v) is 3.04. The summed E-state index contributed by atoms with van der Waals surface area (Å²) in [5.41, 5.74) is 2.73. The zero-order chi connectivity index (χ0) is 12.4. The second-order valence-electron chi connectivity index (χ2n) is 4.36. The van der Waals surface area contributed by atoms with Crippen molar-refractivity contribution in [3.8, 4) is 0 Å². The van der Waals surface area contributed by atoms with E-state index in [4.69, 9.17) is 0 Å². The number of aromatic nitrogens is 1. The monoisotopic (exact) mass is 235 g/mol. The van der Waals surface area contributed by atoms with Crippen LogP contribution < -0.4 is 0 Å². The van der Waals surface area contributed by atoms with E-state index in [-0.39, 0.29) is 5.78 Å². The van der Waals surface area contributed by atoms with Gasteiger partial charge in [0.2, 0.25) is 0 Å². The standard InChI is InChI=1S/C16H13NO/c18-16(10-12-6-2-1-3-7-12)15-11-13-8-4-5-9-14(13)17-15/h1-9,11,17H,10H2. The van der Waals surface area contributed by atoms with Gasteiger partial charge in [-0.3, -0.25) is 4.79 Å². The van der Waals surface area contributed by atoms with Gasteiger partial charge in [0.1, 0.15) is 0 Å². The first-order valence-electron chi connectivity index (χ1n) is 5.98. The average molecular weight is 235 g/mol. The Labute approximate surface area is 105 Å². The molecule has 2 nitrogen and oxygen atoms in total. The van der Waals surface area contributed by atoms with Gasteiger partial charge in [-0.25, -0.2) is 0 Å². The summed E-state index contributed by atoms with van der Waals surface area (Å²) in [5, 5.41) is 1.08. The van der Waals surface area contributed by atoms with Crippen LogP contribution in [-0.4, -0.2) is 10.8 Å². The zero-order valence-corrected chi connectivity index (χ0v) is 9.89. The Kier molecular flexibility index (Phi) is 2.69. The number of H-pyrrole nitrogens is 1. The molecule has 0 saturated carbocycles.